The molecule has 0 radical (unpaired) electrons. The van der Waals surface area contributed by atoms with Crippen LogP contribution in [0.3, 0.4) is 0 Å². The largest absolute Gasteiger partial charge is 0.423 e. The van der Waals surface area contributed by atoms with Crippen LogP contribution in [0.25, 0.3) is 0 Å². The molecule has 0 spiro atoms. The van der Waals surface area contributed by atoms with Crippen molar-refractivity contribution in [1.82, 2.24) is 0 Å². The molecule has 0 atom stereocenters. The molecule has 0 aromatic rings. The molecule has 0 heterocycles. The zero-order valence-electron chi connectivity index (χ0n) is 2.88. The summed E-state index contributed by atoms with van der Waals surface area (Å²) in [5.74, 6) is 0. The fourth-order valence-corrected chi connectivity index (χ4v) is 0. The summed E-state index contributed by atoms with van der Waals surface area (Å²) in [6.07, 6.45) is 0. The topological polar surface area (TPSA) is 83.8 Å². The summed E-state index contributed by atoms with van der Waals surface area (Å²) in [6, 6.07) is 0. The molecule has 2 N–H and O–H groups in total. The third-order valence-corrected chi connectivity index (χ3v) is 0.283. The first kappa shape index (κ1) is 11.0. The van der Waals surface area contributed by atoms with Crippen molar-refractivity contribution in [2.24, 2.45) is 0 Å². The Kier molecular flexibility index (Phi) is 6.42. The SMILES string of the molecule is O=S(=O)(O)OO.[Gd]. The van der Waals surface area contributed by atoms with E-state index >= 15 is 0 Å². The average Bonchev–Trinajstić information content (AvgIpc) is 1.35. The number of rotatable bonds is 1. The fraction of sp³-hybridized carbons (Fsp3) is 0. The first-order valence-corrected chi connectivity index (χ1v) is 2.23. The van der Waals surface area contributed by atoms with Crippen LogP contribution in [0.15, 0.2) is 0 Å². The third kappa shape index (κ3) is 11.0. The first-order chi connectivity index (χ1) is 2.56. The maximum absolute atomic E-state index is 9.08. The van der Waals surface area contributed by atoms with E-state index < -0.39 is 10.4 Å². The molecule has 0 aliphatic carbocycles. The van der Waals surface area contributed by atoms with Crippen LogP contribution in [0.2, 0.25) is 0 Å². The minimum atomic E-state index is -4.61. The predicted octanol–water partition coefficient (Wildman–Crippen LogP) is -0.721. The van der Waals surface area contributed by atoms with E-state index in [1.54, 1.807) is 0 Å². The standard InChI is InChI=1S/Gd.H2O5S/c;1-5-6(2,3)4/h;1H,(H,2,3,4). The molecule has 0 aliphatic rings. The summed E-state index contributed by atoms with van der Waals surface area (Å²) in [6.45, 7) is 0. The van der Waals surface area contributed by atoms with E-state index in [0.29, 0.717) is 0 Å². The van der Waals surface area contributed by atoms with Crippen molar-refractivity contribution in [1.29, 1.82) is 0 Å². The van der Waals surface area contributed by atoms with Crippen LogP contribution < -0.4 is 0 Å². The summed E-state index contributed by atoms with van der Waals surface area (Å²) in [5, 5.41) is 7.06. The van der Waals surface area contributed by atoms with E-state index in [4.69, 9.17) is 18.2 Å². The molecule has 7 heavy (non-hydrogen) atoms. The summed E-state index contributed by atoms with van der Waals surface area (Å²) in [4.78, 5) is 0. The van der Waals surface area contributed by atoms with Gasteiger partial charge in [0.05, 0.1) is 0 Å². The first-order valence-electron chi connectivity index (χ1n) is 0.865. The van der Waals surface area contributed by atoms with Crippen LogP contribution in [0.1, 0.15) is 0 Å². The van der Waals surface area contributed by atoms with Crippen molar-refractivity contribution >= 4 is 10.4 Å². The molecule has 0 unspecified atom stereocenters. The minimum Gasteiger partial charge on any atom is -0.262 e. The monoisotopic (exact) mass is 272 g/mol. The van der Waals surface area contributed by atoms with Gasteiger partial charge in [0, 0.05) is 39.9 Å². The van der Waals surface area contributed by atoms with Crippen LogP contribution in [0.4, 0.5) is 0 Å². The quantitative estimate of drug-likeness (QED) is 0.373. The predicted molar refractivity (Wildman–Crippen MR) is 15.3 cm³/mol. The van der Waals surface area contributed by atoms with Crippen LogP contribution in [-0.2, 0) is 14.7 Å². The second-order valence-electron chi connectivity index (χ2n) is 0.502. The van der Waals surface area contributed by atoms with Gasteiger partial charge in [-0.2, -0.15) is 8.42 Å². The molecular formula is H2GdO5S. The Bertz CT molecular complexity index is 110. The van der Waals surface area contributed by atoms with Gasteiger partial charge in [-0.1, -0.05) is 4.33 Å². The van der Waals surface area contributed by atoms with Crippen LogP contribution >= 0.6 is 0 Å². The molecule has 0 aliphatic heterocycles. The van der Waals surface area contributed by atoms with E-state index in [-0.39, 0.29) is 39.9 Å². The van der Waals surface area contributed by atoms with Crippen molar-refractivity contribution in [2.45, 2.75) is 0 Å². The Morgan fingerprint density at radius 2 is 1.57 bits per heavy atom. The molecule has 46 valence electrons. The van der Waals surface area contributed by atoms with Gasteiger partial charge >= 0.3 is 10.4 Å². The van der Waals surface area contributed by atoms with Gasteiger partial charge in [0.2, 0.25) is 0 Å². The van der Waals surface area contributed by atoms with Gasteiger partial charge < -0.3 is 0 Å². The van der Waals surface area contributed by atoms with Gasteiger partial charge in [-0.25, -0.2) is 5.26 Å². The summed E-state index contributed by atoms with van der Waals surface area (Å²) in [7, 11) is -4.61. The molecule has 0 bridgehead atoms. The molecule has 5 nitrogen and oxygen atoms in total. The summed E-state index contributed by atoms with van der Waals surface area (Å²) in [5.41, 5.74) is 0. The second kappa shape index (κ2) is 4.08. The molecule has 0 aromatic carbocycles. The average molecular weight is 271 g/mol. The van der Waals surface area contributed by atoms with Gasteiger partial charge in [0.15, 0.2) is 0 Å². The Labute approximate surface area is 72.2 Å². The zero-order valence-corrected chi connectivity index (χ0v) is 5.97. The molecule has 0 fully saturated rings. The number of hydrogen-bond donors (Lipinski definition) is 2. The number of hydrogen-bond acceptors (Lipinski definition) is 4. The molecule has 0 rings (SSSR count). The summed E-state index contributed by atoms with van der Waals surface area (Å²) >= 11 is 0. The van der Waals surface area contributed by atoms with Crippen molar-refractivity contribution in [3.63, 3.8) is 0 Å². The molecule has 0 saturated heterocycles. The van der Waals surface area contributed by atoms with Crippen molar-refractivity contribution in [2.75, 3.05) is 0 Å². The van der Waals surface area contributed by atoms with E-state index in [1.165, 1.54) is 0 Å². The van der Waals surface area contributed by atoms with E-state index in [2.05, 4.69) is 4.33 Å². The maximum atomic E-state index is 9.08. The van der Waals surface area contributed by atoms with Crippen molar-refractivity contribution in [3.8, 4) is 0 Å². The van der Waals surface area contributed by atoms with Crippen molar-refractivity contribution < 1.29 is 62.5 Å². The zero-order chi connectivity index (χ0) is 5.21. The van der Waals surface area contributed by atoms with Gasteiger partial charge in [-0.3, -0.25) is 4.55 Å². The van der Waals surface area contributed by atoms with Crippen molar-refractivity contribution in [3.05, 3.63) is 0 Å². The molecule has 7 heteroatoms. The Hall–Kier alpha value is 1.15. The Morgan fingerprint density at radius 1 is 1.43 bits per heavy atom. The molecule has 0 saturated carbocycles. The van der Waals surface area contributed by atoms with Gasteiger partial charge in [0.25, 0.3) is 0 Å². The van der Waals surface area contributed by atoms with E-state index in [9.17, 15) is 0 Å². The van der Waals surface area contributed by atoms with Gasteiger partial charge in [-0.15, -0.1) is 0 Å². The molecule has 0 amide bonds. The molecule has 0 aromatic heterocycles. The molecular weight excluding hydrogens is 269 g/mol. The Morgan fingerprint density at radius 3 is 1.57 bits per heavy atom. The normalized spacial score (nSPS) is 10.0. The van der Waals surface area contributed by atoms with E-state index in [1.807, 2.05) is 0 Å². The van der Waals surface area contributed by atoms with Crippen LogP contribution in [-0.4, -0.2) is 18.2 Å². The third-order valence-electron chi connectivity index (χ3n) is 0.0942. The van der Waals surface area contributed by atoms with Gasteiger partial charge in [-0.05, 0) is 0 Å². The van der Waals surface area contributed by atoms with Crippen LogP contribution in [0.5, 0.6) is 0 Å². The summed E-state index contributed by atoms with van der Waals surface area (Å²) < 4.78 is 28.0. The Balaban J connectivity index is 0. The maximum Gasteiger partial charge on any atom is 0.423 e. The van der Waals surface area contributed by atoms with E-state index in [0.717, 1.165) is 0 Å². The minimum absolute atomic E-state index is 0. The van der Waals surface area contributed by atoms with Crippen LogP contribution in [0, 0.1) is 39.9 Å². The fourth-order valence-electron chi connectivity index (χ4n) is 0. The van der Waals surface area contributed by atoms with Gasteiger partial charge in [0.1, 0.15) is 0 Å². The smallest absolute Gasteiger partial charge is 0.262 e. The second-order valence-corrected chi connectivity index (χ2v) is 1.51.